The zero-order valence-corrected chi connectivity index (χ0v) is 18.9. The van der Waals surface area contributed by atoms with Crippen molar-refractivity contribution in [3.05, 3.63) is 46.3 Å². The van der Waals surface area contributed by atoms with Crippen LogP contribution in [0, 0.1) is 22.7 Å². The number of amides is 1. The van der Waals surface area contributed by atoms with E-state index in [1.165, 1.54) is 35.1 Å². The van der Waals surface area contributed by atoms with Gasteiger partial charge in [0.2, 0.25) is 5.91 Å². The minimum atomic E-state index is -0.163. The Morgan fingerprint density at radius 3 is 2.59 bits per heavy atom. The molecule has 1 heterocycles. The van der Waals surface area contributed by atoms with Crippen LogP contribution < -0.4 is 5.56 Å². The van der Waals surface area contributed by atoms with E-state index in [-0.39, 0.29) is 30.1 Å². The molecule has 1 aliphatic rings. The molecule has 0 N–H and O–H groups in total. The fourth-order valence-corrected chi connectivity index (χ4v) is 4.72. The number of nitriles is 2. The summed E-state index contributed by atoms with van der Waals surface area (Å²) in [5, 5.41) is 18.8. The second kappa shape index (κ2) is 12.1. The number of hydrogen-bond acceptors (Lipinski definition) is 6. The molecular formula is C24H27N5O2S. The summed E-state index contributed by atoms with van der Waals surface area (Å²) < 4.78 is 1.69. The van der Waals surface area contributed by atoms with Gasteiger partial charge in [-0.15, -0.1) is 0 Å². The van der Waals surface area contributed by atoms with E-state index in [2.05, 4.69) is 11.1 Å². The van der Waals surface area contributed by atoms with Crippen LogP contribution in [-0.4, -0.2) is 39.2 Å². The first-order valence-electron chi connectivity index (χ1n) is 11.0. The number of hydrogen-bond donors (Lipinski definition) is 0. The van der Waals surface area contributed by atoms with Crippen molar-refractivity contribution < 1.29 is 4.79 Å². The number of fused-ring (bicyclic) bond motifs is 1. The van der Waals surface area contributed by atoms with Crippen LogP contribution in [0.3, 0.4) is 0 Å². The van der Waals surface area contributed by atoms with Gasteiger partial charge in [0.25, 0.3) is 5.56 Å². The van der Waals surface area contributed by atoms with Gasteiger partial charge in [0.15, 0.2) is 5.16 Å². The van der Waals surface area contributed by atoms with Crippen molar-refractivity contribution in [2.24, 2.45) is 0 Å². The summed E-state index contributed by atoms with van der Waals surface area (Å²) in [6.07, 6.45) is 8.10. The van der Waals surface area contributed by atoms with Gasteiger partial charge in [-0.05, 0) is 44.2 Å². The molecule has 1 amide bonds. The quantitative estimate of drug-likeness (QED) is 0.308. The predicted octanol–water partition coefficient (Wildman–Crippen LogP) is 4.04. The van der Waals surface area contributed by atoms with E-state index in [1.54, 1.807) is 10.6 Å². The van der Waals surface area contributed by atoms with Gasteiger partial charge >= 0.3 is 0 Å². The van der Waals surface area contributed by atoms with Gasteiger partial charge in [0.1, 0.15) is 0 Å². The molecule has 0 aliphatic heterocycles. The predicted molar refractivity (Wildman–Crippen MR) is 125 cm³/mol. The molecule has 1 aliphatic carbocycles. The molecule has 0 radical (unpaired) electrons. The van der Waals surface area contributed by atoms with Crippen LogP contribution in [0.5, 0.6) is 0 Å². The molecule has 0 bridgehead atoms. The highest BCUT2D eigenvalue weighted by Gasteiger charge is 2.17. The zero-order valence-electron chi connectivity index (χ0n) is 18.1. The highest BCUT2D eigenvalue weighted by Crippen LogP contribution is 2.23. The smallest absolute Gasteiger partial charge is 0.262 e. The summed E-state index contributed by atoms with van der Waals surface area (Å²) in [6, 6.07) is 11.4. The van der Waals surface area contributed by atoms with Crippen LogP contribution in [0.1, 0.15) is 44.9 Å². The first kappa shape index (κ1) is 23.6. The van der Waals surface area contributed by atoms with E-state index in [9.17, 15) is 9.59 Å². The number of carbonyl (C=O) groups excluding carboxylic acids is 1. The number of allylic oxidation sites excluding steroid dienone is 2. The molecule has 0 unspecified atom stereocenters. The monoisotopic (exact) mass is 449 g/mol. The van der Waals surface area contributed by atoms with Crippen LogP contribution in [-0.2, 0) is 11.3 Å². The Hall–Kier alpha value is -3.10. The average Bonchev–Trinajstić information content (AvgIpc) is 2.83. The van der Waals surface area contributed by atoms with Crippen molar-refractivity contribution in [1.82, 2.24) is 14.5 Å². The summed E-state index contributed by atoms with van der Waals surface area (Å²) in [5.74, 6) is -0.0610. The number of carbonyl (C=O) groups is 1. The molecule has 0 atom stereocenters. The molecule has 8 heteroatoms. The SMILES string of the molecule is N#CCCN(CCC#N)C(=O)CSc1nc2ccccc2c(=O)n1CCC1=CCCCC1. The van der Waals surface area contributed by atoms with E-state index < -0.39 is 0 Å². The third-order valence-electron chi connectivity index (χ3n) is 5.53. The Balaban J connectivity index is 1.81. The Morgan fingerprint density at radius 1 is 1.16 bits per heavy atom. The molecule has 0 saturated carbocycles. The maximum absolute atomic E-state index is 13.2. The van der Waals surface area contributed by atoms with Crippen molar-refractivity contribution >= 4 is 28.6 Å². The minimum Gasteiger partial charge on any atom is -0.340 e. The molecular weight excluding hydrogens is 422 g/mol. The average molecular weight is 450 g/mol. The molecule has 0 spiro atoms. The Morgan fingerprint density at radius 2 is 1.91 bits per heavy atom. The molecule has 0 fully saturated rings. The van der Waals surface area contributed by atoms with Crippen LogP contribution in [0.2, 0.25) is 0 Å². The lowest BCUT2D eigenvalue weighted by molar-refractivity contribution is -0.128. The number of aromatic nitrogens is 2. The fraction of sp³-hybridized carbons (Fsp3) is 0.458. The normalized spacial score (nSPS) is 13.2. The van der Waals surface area contributed by atoms with Gasteiger partial charge in [-0.1, -0.05) is 35.5 Å². The van der Waals surface area contributed by atoms with Crippen LogP contribution >= 0.6 is 11.8 Å². The maximum atomic E-state index is 13.2. The van der Waals surface area contributed by atoms with Crippen LogP contribution in [0.4, 0.5) is 0 Å². The van der Waals surface area contributed by atoms with E-state index in [1.807, 2.05) is 30.3 Å². The maximum Gasteiger partial charge on any atom is 0.262 e. The molecule has 32 heavy (non-hydrogen) atoms. The fourth-order valence-electron chi connectivity index (χ4n) is 3.79. The van der Waals surface area contributed by atoms with Gasteiger partial charge in [0.05, 0.1) is 41.6 Å². The molecule has 166 valence electrons. The molecule has 7 nitrogen and oxygen atoms in total. The molecule has 2 aromatic rings. The number of para-hydroxylation sites is 1. The van der Waals surface area contributed by atoms with Gasteiger partial charge in [-0.25, -0.2) is 4.98 Å². The van der Waals surface area contributed by atoms with Crippen molar-refractivity contribution in [1.29, 1.82) is 10.5 Å². The lowest BCUT2D eigenvalue weighted by atomic mass is 9.97. The molecule has 0 saturated heterocycles. The topological polar surface area (TPSA) is 103 Å². The van der Waals surface area contributed by atoms with Crippen molar-refractivity contribution in [2.45, 2.75) is 56.6 Å². The second-order valence-corrected chi connectivity index (χ2v) is 8.65. The number of rotatable bonds is 10. The van der Waals surface area contributed by atoms with Gasteiger partial charge in [-0.2, -0.15) is 10.5 Å². The Labute approximate surface area is 192 Å². The van der Waals surface area contributed by atoms with E-state index in [0.717, 1.165) is 19.3 Å². The lowest BCUT2D eigenvalue weighted by Crippen LogP contribution is -2.34. The Kier molecular flexibility index (Phi) is 8.89. The summed E-state index contributed by atoms with van der Waals surface area (Å²) in [7, 11) is 0. The standard InChI is InChI=1S/C24H27N5O2S/c25-13-6-15-28(16-7-14-26)22(30)18-32-24-27-21-11-5-4-10-20(21)23(31)29(24)17-12-19-8-2-1-3-9-19/h4-5,8,10-11H,1-3,6-7,9,12,15-18H2. The van der Waals surface area contributed by atoms with E-state index in [0.29, 0.717) is 35.7 Å². The van der Waals surface area contributed by atoms with Crippen molar-refractivity contribution in [3.8, 4) is 12.1 Å². The number of nitrogens with zero attached hydrogens (tertiary/aromatic N) is 5. The summed E-state index contributed by atoms with van der Waals surface area (Å²) >= 11 is 1.24. The largest absolute Gasteiger partial charge is 0.340 e. The second-order valence-electron chi connectivity index (χ2n) is 7.71. The Bertz CT molecular complexity index is 1110. The number of benzene rings is 1. The first-order chi connectivity index (χ1) is 15.6. The highest BCUT2D eigenvalue weighted by atomic mass is 32.2. The van der Waals surface area contributed by atoms with E-state index in [4.69, 9.17) is 10.5 Å². The highest BCUT2D eigenvalue weighted by molar-refractivity contribution is 7.99. The van der Waals surface area contributed by atoms with Crippen molar-refractivity contribution in [3.63, 3.8) is 0 Å². The summed E-state index contributed by atoms with van der Waals surface area (Å²) in [6.45, 7) is 1.12. The zero-order chi connectivity index (χ0) is 22.8. The lowest BCUT2D eigenvalue weighted by Gasteiger charge is -2.20. The summed E-state index contributed by atoms with van der Waals surface area (Å²) in [5.41, 5.74) is 1.90. The van der Waals surface area contributed by atoms with E-state index >= 15 is 0 Å². The van der Waals surface area contributed by atoms with Crippen molar-refractivity contribution in [2.75, 3.05) is 18.8 Å². The van der Waals surface area contributed by atoms with Gasteiger partial charge < -0.3 is 4.90 Å². The van der Waals surface area contributed by atoms with Crippen LogP contribution in [0.25, 0.3) is 10.9 Å². The van der Waals surface area contributed by atoms with Gasteiger partial charge in [0, 0.05) is 19.6 Å². The minimum absolute atomic E-state index is 0.0900. The molecule has 1 aromatic heterocycles. The third kappa shape index (κ3) is 6.21. The molecule has 3 rings (SSSR count). The first-order valence-corrected chi connectivity index (χ1v) is 11.9. The molecule has 1 aromatic carbocycles. The third-order valence-corrected chi connectivity index (χ3v) is 6.49. The van der Waals surface area contributed by atoms with Gasteiger partial charge in [-0.3, -0.25) is 14.2 Å². The number of thioether (sulfide) groups is 1. The van der Waals surface area contributed by atoms with Crippen LogP contribution in [0.15, 0.2) is 45.9 Å². The summed E-state index contributed by atoms with van der Waals surface area (Å²) in [4.78, 5) is 32.2.